The lowest BCUT2D eigenvalue weighted by atomic mass is 10.4. The molecule has 0 N–H and O–H groups in total. The minimum atomic E-state index is 0.756. The van der Waals surface area contributed by atoms with Gasteiger partial charge in [-0.05, 0) is 13.3 Å². The van der Waals surface area contributed by atoms with Crippen molar-refractivity contribution in [2.24, 2.45) is 0 Å². The Kier molecular flexibility index (Phi) is 6.25. The van der Waals surface area contributed by atoms with E-state index in [2.05, 4.69) is 64.3 Å². The number of rotatable bonds is 2. The van der Waals surface area contributed by atoms with E-state index in [9.17, 15) is 0 Å². The van der Waals surface area contributed by atoms with Crippen LogP contribution < -0.4 is 0 Å². The lowest BCUT2D eigenvalue weighted by Gasteiger charge is -1.89. The Morgan fingerprint density at radius 2 is 2.14 bits per heavy atom. The summed E-state index contributed by atoms with van der Waals surface area (Å²) < 4.78 is 0.756. The molecule has 0 nitrogen and oxygen atoms in total. The highest BCUT2D eigenvalue weighted by atomic mass is 127. The average Bonchev–Trinajstić information content (AvgIpc) is 1.61. The number of hydrogen-bond acceptors (Lipinski definition) is 0. The van der Waals surface area contributed by atoms with Crippen molar-refractivity contribution in [2.75, 3.05) is 0 Å². The maximum absolute atomic E-state index is 2.40. The van der Waals surface area contributed by atoms with E-state index in [4.69, 9.17) is 0 Å². The second-order valence-electron chi connectivity index (χ2n) is 1.20. The van der Waals surface area contributed by atoms with Gasteiger partial charge in [-0.25, -0.2) is 0 Å². The maximum atomic E-state index is 2.40. The zero-order valence-electron chi connectivity index (χ0n) is 4.20. The van der Waals surface area contributed by atoms with E-state index in [0.717, 1.165) is 1.93 Å². The summed E-state index contributed by atoms with van der Waals surface area (Å²) >= 11 is 4.80. The van der Waals surface area contributed by atoms with Crippen LogP contribution in [0.2, 0.25) is 0 Å². The molecule has 0 heterocycles. The first kappa shape index (κ1) is 8.20. The minimum Gasteiger partial charge on any atom is -0.0916 e. The molecule has 0 aromatic heterocycles. The van der Waals surface area contributed by atoms with E-state index in [1.165, 1.54) is 6.42 Å². The molecular formula is C5H8I2. The molecule has 0 aromatic carbocycles. The standard InChI is InChI=1S/C5H8I2/c1-2-3-4-5(6)7/h2-3,5H,4H2,1H3. The highest BCUT2D eigenvalue weighted by molar-refractivity contribution is 14.2. The molecule has 0 rings (SSSR count). The van der Waals surface area contributed by atoms with Crippen LogP contribution in [0.15, 0.2) is 12.2 Å². The van der Waals surface area contributed by atoms with Crippen molar-refractivity contribution >= 4 is 45.2 Å². The summed E-state index contributed by atoms with van der Waals surface area (Å²) in [5.41, 5.74) is 0. The summed E-state index contributed by atoms with van der Waals surface area (Å²) in [5, 5.41) is 0. The van der Waals surface area contributed by atoms with E-state index >= 15 is 0 Å². The molecule has 0 amide bonds. The summed E-state index contributed by atoms with van der Waals surface area (Å²) in [7, 11) is 0. The monoisotopic (exact) mass is 322 g/mol. The molecule has 0 fully saturated rings. The number of allylic oxidation sites excluding steroid dienone is 2. The van der Waals surface area contributed by atoms with Crippen LogP contribution in [0.5, 0.6) is 0 Å². The number of hydrogen-bond donors (Lipinski definition) is 0. The van der Waals surface area contributed by atoms with Gasteiger partial charge in [-0.1, -0.05) is 57.3 Å². The molecule has 42 valence electrons. The normalized spacial score (nSPS) is 11.4. The second-order valence-corrected chi connectivity index (χ2v) is 6.59. The molecule has 0 aliphatic heterocycles. The van der Waals surface area contributed by atoms with E-state index in [1.807, 2.05) is 0 Å². The Morgan fingerprint density at radius 3 is 2.29 bits per heavy atom. The highest BCUT2D eigenvalue weighted by Crippen LogP contribution is 2.13. The van der Waals surface area contributed by atoms with Gasteiger partial charge in [0.25, 0.3) is 0 Å². The molecule has 0 bridgehead atoms. The van der Waals surface area contributed by atoms with Crippen molar-refractivity contribution in [2.45, 2.75) is 15.3 Å². The van der Waals surface area contributed by atoms with E-state index in [0.29, 0.717) is 0 Å². The molecule has 0 aliphatic rings. The summed E-state index contributed by atoms with van der Waals surface area (Å²) in [6.45, 7) is 2.05. The Bertz CT molecular complexity index is 57.1. The second kappa shape index (κ2) is 5.34. The van der Waals surface area contributed by atoms with Crippen LogP contribution in [0.25, 0.3) is 0 Å². The largest absolute Gasteiger partial charge is 0.0916 e. The third-order valence-electron chi connectivity index (χ3n) is 0.550. The van der Waals surface area contributed by atoms with Crippen LogP contribution in [-0.4, -0.2) is 1.93 Å². The van der Waals surface area contributed by atoms with Crippen molar-refractivity contribution in [3.8, 4) is 0 Å². The van der Waals surface area contributed by atoms with E-state index < -0.39 is 0 Å². The van der Waals surface area contributed by atoms with Crippen LogP contribution in [0.1, 0.15) is 13.3 Å². The van der Waals surface area contributed by atoms with E-state index in [-0.39, 0.29) is 0 Å². The molecule has 0 aromatic rings. The molecular weight excluding hydrogens is 314 g/mol. The van der Waals surface area contributed by atoms with Crippen molar-refractivity contribution in [3.63, 3.8) is 0 Å². The van der Waals surface area contributed by atoms with Crippen molar-refractivity contribution in [1.29, 1.82) is 0 Å². The average molecular weight is 322 g/mol. The first-order valence-corrected chi connectivity index (χ1v) is 4.65. The summed E-state index contributed by atoms with van der Waals surface area (Å²) in [4.78, 5) is 0. The van der Waals surface area contributed by atoms with Crippen LogP contribution >= 0.6 is 45.2 Å². The van der Waals surface area contributed by atoms with Gasteiger partial charge in [-0.3, -0.25) is 0 Å². The molecule has 0 aliphatic carbocycles. The van der Waals surface area contributed by atoms with Gasteiger partial charge in [-0.15, -0.1) is 0 Å². The predicted molar refractivity (Wildman–Crippen MR) is 51.3 cm³/mol. The Balaban J connectivity index is 2.97. The van der Waals surface area contributed by atoms with Crippen LogP contribution in [0, 0.1) is 0 Å². The summed E-state index contributed by atoms with van der Waals surface area (Å²) in [6.07, 6.45) is 5.46. The van der Waals surface area contributed by atoms with Gasteiger partial charge in [0.05, 0.1) is 1.93 Å². The maximum Gasteiger partial charge on any atom is 0.0660 e. The molecule has 0 atom stereocenters. The van der Waals surface area contributed by atoms with Gasteiger partial charge in [0.1, 0.15) is 0 Å². The van der Waals surface area contributed by atoms with Gasteiger partial charge in [0.2, 0.25) is 0 Å². The SMILES string of the molecule is CC=CCC(I)I. The lowest BCUT2D eigenvalue weighted by Crippen LogP contribution is -1.76. The fourth-order valence-corrected chi connectivity index (χ4v) is 0.826. The number of halogens is 2. The molecule has 0 saturated carbocycles. The Morgan fingerprint density at radius 1 is 1.57 bits per heavy atom. The summed E-state index contributed by atoms with van der Waals surface area (Å²) in [5.74, 6) is 0. The Labute approximate surface area is 72.0 Å². The fourth-order valence-electron chi connectivity index (χ4n) is 0.239. The first-order chi connectivity index (χ1) is 3.27. The predicted octanol–water partition coefficient (Wildman–Crippen LogP) is 3.15. The van der Waals surface area contributed by atoms with Crippen LogP contribution in [0.4, 0.5) is 0 Å². The van der Waals surface area contributed by atoms with E-state index in [1.54, 1.807) is 0 Å². The third kappa shape index (κ3) is 7.20. The fraction of sp³-hybridized carbons (Fsp3) is 0.600. The molecule has 0 saturated heterocycles. The van der Waals surface area contributed by atoms with Crippen LogP contribution in [-0.2, 0) is 0 Å². The topological polar surface area (TPSA) is 0 Å². The molecule has 7 heavy (non-hydrogen) atoms. The summed E-state index contributed by atoms with van der Waals surface area (Å²) in [6, 6.07) is 0. The minimum absolute atomic E-state index is 0.756. The molecule has 0 spiro atoms. The van der Waals surface area contributed by atoms with Gasteiger partial charge < -0.3 is 0 Å². The van der Waals surface area contributed by atoms with Crippen molar-refractivity contribution in [3.05, 3.63) is 12.2 Å². The lowest BCUT2D eigenvalue weighted by molar-refractivity contribution is 1.24. The molecule has 0 radical (unpaired) electrons. The highest BCUT2D eigenvalue weighted by Gasteiger charge is 1.88. The van der Waals surface area contributed by atoms with Crippen LogP contribution in [0.3, 0.4) is 0 Å². The van der Waals surface area contributed by atoms with Crippen molar-refractivity contribution < 1.29 is 0 Å². The smallest absolute Gasteiger partial charge is 0.0660 e. The zero-order valence-corrected chi connectivity index (χ0v) is 8.51. The van der Waals surface area contributed by atoms with Gasteiger partial charge in [0, 0.05) is 0 Å². The van der Waals surface area contributed by atoms with Gasteiger partial charge >= 0.3 is 0 Å². The van der Waals surface area contributed by atoms with Crippen molar-refractivity contribution in [1.82, 2.24) is 0 Å². The molecule has 2 heteroatoms. The molecule has 0 unspecified atom stereocenters. The van der Waals surface area contributed by atoms with Gasteiger partial charge in [-0.2, -0.15) is 0 Å². The Hall–Kier alpha value is 1.20. The zero-order chi connectivity index (χ0) is 5.70. The first-order valence-electron chi connectivity index (χ1n) is 2.16. The third-order valence-corrected chi connectivity index (χ3v) is 1.57. The van der Waals surface area contributed by atoms with Gasteiger partial charge in [0.15, 0.2) is 0 Å². The quantitative estimate of drug-likeness (QED) is 0.416. The number of alkyl halides is 2.